The largest absolute Gasteiger partial charge is 0.497 e. The molecule has 1 unspecified atom stereocenters. The van der Waals surface area contributed by atoms with Gasteiger partial charge in [0.2, 0.25) is 5.91 Å². The van der Waals surface area contributed by atoms with Crippen molar-refractivity contribution in [3.8, 4) is 5.75 Å². The summed E-state index contributed by atoms with van der Waals surface area (Å²) in [6.07, 6.45) is 2.00. The van der Waals surface area contributed by atoms with Crippen molar-refractivity contribution in [3.63, 3.8) is 0 Å². The highest BCUT2D eigenvalue weighted by Gasteiger charge is 2.26. The molecule has 7 nitrogen and oxygen atoms in total. The molecule has 1 amide bonds. The van der Waals surface area contributed by atoms with E-state index in [-0.39, 0.29) is 17.0 Å². The van der Waals surface area contributed by atoms with Gasteiger partial charge in [-0.1, -0.05) is 36.4 Å². The Hall–Kier alpha value is -3.23. The van der Waals surface area contributed by atoms with Crippen LogP contribution in [0.4, 0.5) is 5.69 Å². The molecular formula is C28H32BrN3O4. The second-order valence-electron chi connectivity index (χ2n) is 9.44. The fourth-order valence-corrected chi connectivity index (χ4v) is 4.18. The molecule has 1 aromatic heterocycles. The lowest BCUT2D eigenvalue weighted by Gasteiger charge is -2.22. The molecule has 0 spiro atoms. The number of hydrogen-bond acceptors (Lipinski definition) is 5. The number of hydrogen-bond donors (Lipinski definition) is 2. The Morgan fingerprint density at radius 3 is 2.22 bits per heavy atom. The van der Waals surface area contributed by atoms with Gasteiger partial charge in [-0.15, -0.1) is 0 Å². The molecule has 1 heterocycles. The molecule has 0 radical (unpaired) electrons. The number of nitrogens with zero attached hydrogens (tertiary/aromatic N) is 1. The summed E-state index contributed by atoms with van der Waals surface area (Å²) in [5.41, 5.74) is 8.80. The van der Waals surface area contributed by atoms with E-state index in [4.69, 9.17) is 10.5 Å². The van der Waals surface area contributed by atoms with Gasteiger partial charge in [0.1, 0.15) is 17.2 Å². The third-order valence-electron chi connectivity index (χ3n) is 6.59. The van der Waals surface area contributed by atoms with Crippen molar-refractivity contribution in [2.24, 2.45) is 5.73 Å². The highest BCUT2D eigenvalue weighted by Crippen LogP contribution is 2.25. The molecule has 0 aliphatic heterocycles. The normalized spacial score (nSPS) is 12.2. The van der Waals surface area contributed by atoms with Crippen LogP contribution in [0, 0.1) is 6.92 Å². The van der Waals surface area contributed by atoms with Crippen LogP contribution in [0.15, 0.2) is 64.0 Å². The molecule has 0 saturated carbocycles. The average Bonchev–Trinajstić information content (AvgIpc) is 2.85. The summed E-state index contributed by atoms with van der Waals surface area (Å²) in [6.45, 7) is 7.43. The Morgan fingerprint density at radius 1 is 1.08 bits per heavy atom. The predicted octanol–water partition coefficient (Wildman–Crippen LogP) is 4.35. The first-order valence-electron chi connectivity index (χ1n) is 11.6. The molecule has 3 rings (SSSR count). The summed E-state index contributed by atoms with van der Waals surface area (Å²) < 4.78 is 7.42. The van der Waals surface area contributed by atoms with Crippen LogP contribution in [-0.2, 0) is 28.0 Å². The fraction of sp³-hybridized carbons (Fsp3) is 0.321. The Kier molecular flexibility index (Phi) is 8.53. The van der Waals surface area contributed by atoms with Gasteiger partial charge in [-0.25, -0.2) is 0 Å². The van der Waals surface area contributed by atoms with Gasteiger partial charge < -0.3 is 20.4 Å². The van der Waals surface area contributed by atoms with Crippen molar-refractivity contribution in [2.75, 3.05) is 12.4 Å². The number of rotatable bonds is 9. The number of amides is 1. The molecule has 36 heavy (non-hydrogen) atoms. The lowest BCUT2D eigenvalue weighted by Crippen LogP contribution is -2.39. The van der Waals surface area contributed by atoms with Gasteiger partial charge in [0.15, 0.2) is 0 Å². The number of pyridine rings is 1. The zero-order chi connectivity index (χ0) is 26.6. The molecule has 1 atom stereocenters. The number of nitrogens with one attached hydrogen (secondary N) is 1. The zero-order valence-electron chi connectivity index (χ0n) is 21.2. The number of ether oxygens (including phenoxy) is 1. The number of carbonyl (C=O) groups excluding carboxylic acids is 2. The minimum atomic E-state index is -0.857. The number of Topliss-reactive ketones (excluding diaryl/α,β-unsaturated/α-hetero) is 1. The summed E-state index contributed by atoms with van der Waals surface area (Å²) in [5.74, 6) is 0.362. The molecule has 2 aromatic carbocycles. The van der Waals surface area contributed by atoms with Crippen LogP contribution in [0.5, 0.6) is 5.75 Å². The number of halogens is 1. The second kappa shape index (κ2) is 11.2. The van der Waals surface area contributed by atoms with Gasteiger partial charge in [-0.05, 0) is 84.4 Å². The Labute approximate surface area is 219 Å². The number of ketones is 1. The second-order valence-corrected chi connectivity index (χ2v) is 10.3. The Bertz CT molecular complexity index is 1310. The smallest absolute Gasteiger partial charge is 0.274 e. The van der Waals surface area contributed by atoms with E-state index in [1.165, 1.54) is 4.57 Å². The summed E-state index contributed by atoms with van der Waals surface area (Å²) in [6, 6.07) is 14.1. The maximum absolute atomic E-state index is 13.2. The van der Waals surface area contributed by atoms with Crippen LogP contribution < -0.4 is 21.3 Å². The van der Waals surface area contributed by atoms with E-state index in [1.807, 2.05) is 62.4 Å². The molecule has 8 heteroatoms. The number of carbonyl (C=O) groups is 2. The number of aromatic nitrogens is 1. The molecule has 3 aromatic rings. The summed E-state index contributed by atoms with van der Waals surface area (Å²) in [5, 5.41) is 2.74. The molecule has 0 aliphatic rings. The summed E-state index contributed by atoms with van der Waals surface area (Å²) in [4.78, 5) is 38.1. The number of anilines is 1. The predicted molar refractivity (Wildman–Crippen MR) is 146 cm³/mol. The first-order chi connectivity index (χ1) is 16.9. The zero-order valence-corrected chi connectivity index (χ0v) is 22.8. The molecule has 0 aliphatic carbocycles. The average molecular weight is 554 g/mol. The molecule has 0 saturated heterocycles. The number of methoxy groups -OCH3 is 1. The fourth-order valence-electron chi connectivity index (χ4n) is 3.73. The van der Waals surface area contributed by atoms with Crippen molar-refractivity contribution < 1.29 is 14.3 Å². The van der Waals surface area contributed by atoms with E-state index in [2.05, 4.69) is 21.2 Å². The molecule has 190 valence electrons. The van der Waals surface area contributed by atoms with Gasteiger partial charge in [-0.3, -0.25) is 14.4 Å². The molecule has 0 fully saturated rings. The lowest BCUT2D eigenvalue weighted by molar-refractivity contribution is -0.121. The number of nitrogens with two attached hydrogens (primary N) is 1. The summed E-state index contributed by atoms with van der Waals surface area (Å²) >= 11 is 3.49. The van der Waals surface area contributed by atoms with Crippen LogP contribution in [0.1, 0.15) is 43.0 Å². The Morgan fingerprint density at radius 2 is 1.67 bits per heavy atom. The van der Waals surface area contributed by atoms with Crippen molar-refractivity contribution in [1.82, 2.24) is 4.57 Å². The lowest BCUT2D eigenvalue weighted by atomic mass is 9.81. The minimum absolute atomic E-state index is 0.0772. The van der Waals surface area contributed by atoms with E-state index in [9.17, 15) is 14.4 Å². The van der Waals surface area contributed by atoms with Gasteiger partial charge in [-0.2, -0.15) is 0 Å². The van der Waals surface area contributed by atoms with E-state index >= 15 is 0 Å². The van der Waals surface area contributed by atoms with Crippen molar-refractivity contribution in [2.45, 2.75) is 52.1 Å². The van der Waals surface area contributed by atoms with Crippen LogP contribution in [0.2, 0.25) is 0 Å². The van der Waals surface area contributed by atoms with Gasteiger partial charge >= 0.3 is 0 Å². The highest BCUT2D eigenvalue weighted by atomic mass is 79.9. The highest BCUT2D eigenvalue weighted by molar-refractivity contribution is 9.10. The maximum atomic E-state index is 13.2. The Balaban J connectivity index is 1.76. The van der Waals surface area contributed by atoms with Crippen LogP contribution in [0.25, 0.3) is 0 Å². The van der Waals surface area contributed by atoms with Crippen LogP contribution in [-0.4, -0.2) is 29.4 Å². The van der Waals surface area contributed by atoms with Crippen LogP contribution >= 0.6 is 15.9 Å². The minimum Gasteiger partial charge on any atom is -0.497 e. The first kappa shape index (κ1) is 27.4. The first-order valence-corrected chi connectivity index (χ1v) is 12.4. The van der Waals surface area contributed by atoms with Crippen molar-refractivity contribution in [3.05, 3.63) is 91.8 Å². The maximum Gasteiger partial charge on any atom is 0.274 e. The SMILES string of the molecule is COc1ccc(Cn2cc(Br)c(C)c(NC(=O)C(N)Cc3ccc(C(C)(C)C(C)=O)cc3)c2=O)cc1. The van der Waals surface area contributed by atoms with E-state index in [0.717, 1.165) is 22.4 Å². The van der Waals surface area contributed by atoms with Crippen molar-refractivity contribution >= 4 is 33.3 Å². The van der Waals surface area contributed by atoms with Crippen LogP contribution in [0.3, 0.4) is 0 Å². The molecule has 3 N–H and O–H groups in total. The van der Waals surface area contributed by atoms with E-state index in [1.54, 1.807) is 27.2 Å². The molecular weight excluding hydrogens is 522 g/mol. The standard InChI is InChI=1S/C28H32BrN3O4/c1-17-23(29)16-32(15-20-8-12-22(36-5)13-9-20)27(35)25(17)31-26(34)24(30)14-19-6-10-21(11-7-19)28(3,4)18(2)33/h6-13,16,24H,14-15,30H2,1-5H3,(H,31,34). The van der Waals surface area contributed by atoms with Crippen molar-refractivity contribution in [1.29, 1.82) is 0 Å². The third kappa shape index (κ3) is 6.12. The monoisotopic (exact) mass is 553 g/mol. The van der Waals surface area contributed by atoms with Gasteiger partial charge in [0.25, 0.3) is 5.56 Å². The topological polar surface area (TPSA) is 103 Å². The summed E-state index contributed by atoms with van der Waals surface area (Å²) in [7, 11) is 1.60. The van der Waals surface area contributed by atoms with Gasteiger partial charge in [0, 0.05) is 16.1 Å². The van der Waals surface area contributed by atoms with E-state index < -0.39 is 17.4 Å². The quantitative estimate of drug-likeness (QED) is 0.410. The third-order valence-corrected chi connectivity index (χ3v) is 7.38. The molecule has 0 bridgehead atoms. The van der Waals surface area contributed by atoms with Gasteiger partial charge in [0.05, 0.1) is 19.7 Å². The number of benzene rings is 2. The van der Waals surface area contributed by atoms with E-state index in [0.29, 0.717) is 23.0 Å².